The van der Waals surface area contributed by atoms with Crippen molar-refractivity contribution in [2.75, 3.05) is 0 Å². The van der Waals surface area contributed by atoms with Crippen LogP contribution in [-0.4, -0.2) is 20.7 Å². The molecule has 3 aromatic heterocycles. The van der Waals surface area contributed by atoms with E-state index in [2.05, 4.69) is 15.4 Å². The number of nitrogens with one attached hydrogen (secondary N) is 1. The molecule has 136 valence electrons. The number of nitrogens with zero attached hydrogens (tertiary/aromatic N) is 3. The van der Waals surface area contributed by atoms with Gasteiger partial charge in [-0.2, -0.15) is 5.10 Å². The molecule has 0 aliphatic carbocycles. The molecule has 5 nitrogen and oxygen atoms in total. The zero-order valence-electron chi connectivity index (χ0n) is 14.9. The van der Waals surface area contributed by atoms with Crippen molar-refractivity contribution < 1.29 is 4.79 Å². The summed E-state index contributed by atoms with van der Waals surface area (Å²) in [6.45, 7) is 5.76. The van der Waals surface area contributed by atoms with Gasteiger partial charge in [-0.1, -0.05) is 17.7 Å². The molecule has 3 heterocycles. The first-order chi connectivity index (χ1) is 12.5. The van der Waals surface area contributed by atoms with Crippen molar-refractivity contribution in [2.24, 2.45) is 0 Å². The monoisotopic (exact) mass is 388 g/mol. The summed E-state index contributed by atoms with van der Waals surface area (Å²) in [4.78, 5) is 17.9. The maximum Gasteiger partial charge on any atom is 0.222 e. The zero-order chi connectivity index (χ0) is 18.7. The van der Waals surface area contributed by atoms with Crippen molar-refractivity contribution in [1.82, 2.24) is 20.1 Å². The number of halogens is 1. The van der Waals surface area contributed by atoms with E-state index in [0.717, 1.165) is 21.8 Å². The van der Waals surface area contributed by atoms with Crippen molar-refractivity contribution in [3.63, 3.8) is 0 Å². The second kappa shape index (κ2) is 8.01. The first kappa shape index (κ1) is 18.6. The molecule has 0 saturated heterocycles. The van der Waals surface area contributed by atoms with E-state index < -0.39 is 0 Å². The van der Waals surface area contributed by atoms with Crippen molar-refractivity contribution in [3.8, 4) is 0 Å². The van der Waals surface area contributed by atoms with Crippen LogP contribution in [0.25, 0.3) is 0 Å². The molecule has 0 unspecified atom stereocenters. The maximum atomic E-state index is 12.7. The van der Waals surface area contributed by atoms with E-state index in [0.29, 0.717) is 11.4 Å². The van der Waals surface area contributed by atoms with Gasteiger partial charge in [0.1, 0.15) is 0 Å². The predicted molar refractivity (Wildman–Crippen MR) is 105 cm³/mol. The third-order valence-electron chi connectivity index (χ3n) is 4.31. The lowest BCUT2D eigenvalue weighted by Gasteiger charge is -2.20. The minimum Gasteiger partial charge on any atom is -0.344 e. The van der Waals surface area contributed by atoms with Crippen LogP contribution in [0, 0.1) is 13.8 Å². The fourth-order valence-corrected chi connectivity index (χ4v) is 3.90. The Labute approximate surface area is 162 Å². The molecular formula is C19H21ClN4OS. The molecule has 0 aromatic carbocycles. The van der Waals surface area contributed by atoms with Gasteiger partial charge in [0.25, 0.3) is 0 Å². The van der Waals surface area contributed by atoms with Crippen molar-refractivity contribution in [2.45, 2.75) is 39.3 Å². The summed E-state index contributed by atoms with van der Waals surface area (Å²) < 4.78 is 1.82. The summed E-state index contributed by atoms with van der Waals surface area (Å²) in [5, 5.41) is 10.3. The molecule has 3 rings (SSSR count). The Bertz CT molecular complexity index is 877. The Morgan fingerprint density at radius 1 is 1.31 bits per heavy atom. The van der Waals surface area contributed by atoms with Crippen molar-refractivity contribution >= 4 is 28.8 Å². The highest BCUT2D eigenvalue weighted by Crippen LogP contribution is 2.27. The largest absolute Gasteiger partial charge is 0.344 e. The van der Waals surface area contributed by atoms with Crippen molar-refractivity contribution in [3.05, 3.63) is 68.9 Å². The molecule has 0 aliphatic heterocycles. The topological polar surface area (TPSA) is 59.8 Å². The predicted octanol–water partition coefficient (Wildman–Crippen LogP) is 4.47. The second-order valence-electron chi connectivity index (χ2n) is 6.28. The fraction of sp³-hybridized carbons (Fsp3) is 0.316. The van der Waals surface area contributed by atoms with Crippen LogP contribution in [0.15, 0.2) is 42.0 Å². The van der Waals surface area contributed by atoms with Gasteiger partial charge in [0.15, 0.2) is 0 Å². The number of hydrogen-bond donors (Lipinski definition) is 1. The Kier molecular flexibility index (Phi) is 5.74. The lowest BCUT2D eigenvalue weighted by molar-refractivity contribution is -0.122. The lowest BCUT2D eigenvalue weighted by atomic mass is 10.1. The van der Waals surface area contributed by atoms with Crippen LogP contribution in [0.1, 0.15) is 47.3 Å². The summed E-state index contributed by atoms with van der Waals surface area (Å²) in [5.74, 6) is -0.0311. The number of pyridine rings is 1. The number of carbonyl (C=O) groups excluding carboxylic acids is 1. The van der Waals surface area contributed by atoms with E-state index in [-0.39, 0.29) is 18.0 Å². The third kappa shape index (κ3) is 3.97. The quantitative estimate of drug-likeness (QED) is 0.677. The van der Waals surface area contributed by atoms with Gasteiger partial charge in [0, 0.05) is 23.7 Å². The van der Waals surface area contributed by atoms with Gasteiger partial charge in [0.05, 0.1) is 28.5 Å². The molecule has 0 aliphatic rings. The number of amides is 1. The summed E-state index contributed by atoms with van der Waals surface area (Å²) in [6.07, 6.45) is 3.80. The summed E-state index contributed by atoms with van der Waals surface area (Å²) in [6, 6.07) is 7.61. The SMILES string of the molecule is Cc1nn([C@@H](C)CC(=O)N[C@H](c2ccncc2)c2cccs2)c(C)c1Cl. The second-order valence-corrected chi connectivity index (χ2v) is 7.64. The van der Waals surface area contributed by atoms with Gasteiger partial charge >= 0.3 is 0 Å². The lowest BCUT2D eigenvalue weighted by Crippen LogP contribution is -2.30. The van der Waals surface area contributed by atoms with Crippen LogP contribution in [0.4, 0.5) is 0 Å². The molecule has 0 radical (unpaired) electrons. The molecule has 0 spiro atoms. The smallest absolute Gasteiger partial charge is 0.222 e. The number of thiophene rings is 1. The molecule has 1 amide bonds. The van der Waals surface area contributed by atoms with E-state index in [9.17, 15) is 4.79 Å². The fourth-order valence-electron chi connectivity index (χ4n) is 2.98. The van der Waals surface area contributed by atoms with E-state index in [1.807, 2.05) is 55.1 Å². The van der Waals surface area contributed by atoms with Gasteiger partial charge in [-0.15, -0.1) is 11.3 Å². The molecule has 0 bridgehead atoms. The van der Waals surface area contributed by atoms with Crippen LogP contribution in [0.2, 0.25) is 5.02 Å². The molecule has 1 N–H and O–H groups in total. The highest BCUT2D eigenvalue weighted by atomic mass is 35.5. The van der Waals surface area contributed by atoms with E-state index in [1.165, 1.54) is 0 Å². The highest BCUT2D eigenvalue weighted by Gasteiger charge is 2.21. The Balaban J connectivity index is 1.75. The molecule has 0 saturated carbocycles. The average Bonchev–Trinajstić information content (AvgIpc) is 3.25. The van der Waals surface area contributed by atoms with E-state index in [4.69, 9.17) is 11.6 Å². The number of aromatic nitrogens is 3. The number of carbonyl (C=O) groups is 1. The van der Waals surface area contributed by atoms with Gasteiger partial charge < -0.3 is 5.32 Å². The molecule has 3 aromatic rings. The third-order valence-corrected chi connectivity index (χ3v) is 5.79. The first-order valence-electron chi connectivity index (χ1n) is 8.41. The van der Waals surface area contributed by atoms with E-state index in [1.54, 1.807) is 23.7 Å². The standard InChI is InChI=1S/C19H21ClN4OS/c1-12(24-14(3)18(20)13(2)23-24)11-17(25)22-19(16-5-4-10-26-16)15-6-8-21-9-7-15/h4-10,12,19H,11H2,1-3H3,(H,22,25)/t12-,19+/m0/s1. The van der Waals surface area contributed by atoms with E-state index >= 15 is 0 Å². The number of rotatable bonds is 6. The molecule has 26 heavy (non-hydrogen) atoms. The van der Waals surface area contributed by atoms with Gasteiger partial charge in [-0.05, 0) is 49.9 Å². The first-order valence-corrected chi connectivity index (χ1v) is 9.67. The maximum absolute atomic E-state index is 12.7. The Morgan fingerprint density at radius 3 is 2.62 bits per heavy atom. The number of aryl methyl sites for hydroxylation is 1. The van der Waals surface area contributed by atoms with Crippen molar-refractivity contribution in [1.29, 1.82) is 0 Å². The summed E-state index contributed by atoms with van der Waals surface area (Å²) in [7, 11) is 0. The van der Waals surface area contributed by atoms with Crippen LogP contribution < -0.4 is 5.32 Å². The van der Waals surface area contributed by atoms with Crippen LogP contribution in [0.5, 0.6) is 0 Å². The molecule has 0 fully saturated rings. The van der Waals surface area contributed by atoms with Gasteiger partial charge in [-0.25, -0.2) is 0 Å². The van der Waals surface area contributed by atoms with Crippen LogP contribution in [-0.2, 0) is 4.79 Å². The molecule has 2 atom stereocenters. The van der Waals surface area contributed by atoms with Crippen LogP contribution >= 0.6 is 22.9 Å². The summed E-state index contributed by atoms with van der Waals surface area (Å²) in [5.41, 5.74) is 2.68. The van der Waals surface area contributed by atoms with Gasteiger partial charge in [-0.3, -0.25) is 14.5 Å². The molecule has 7 heteroatoms. The minimum absolute atomic E-state index is 0.0311. The van der Waals surface area contributed by atoms with Gasteiger partial charge in [0.2, 0.25) is 5.91 Å². The highest BCUT2D eigenvalue weighted by molar-refractivity contribution is 7.10. The minimum atomic E-state index is -0.179. The normalized spacial score (nSPS) is 13.4. The Morgan fingerprint density at radius 2 is 2.04 bits per heavy atom. The summed E-state index contributed by atoms with van der Waals surface area (Å²) >= 11 is 7.84. The molecular weight excluding hydrogens is 368 g/mol. The number of hydrogen-bond acceptors (Lipinski definition) is 4. The average molecular weight is 389 g/mol. The van der Waals surface area contributed by atoms with Crippen LogP contribution in [0.3, 0.4) is 0 Å². The Hall–Kier alpha value is -2.18. The zero-order valence-corrected chi connectivity index (χ0v) is 16.5.